The number of carbonyl (C=O) groups is 2. The number of aryl methyl sites for hydroxylation is 1. The molecule has 0 aromatic heterocycles. The lowest BCUT2D eigenvalue weighted by molar-refractivity contribution is -0.119. The third-order valence-corrected chi connectivity index (χ3v) is 4.35. The summed E-state index contributed by atoms with van der Waals surface area (Å²) < 4.78 is 4.79. The zero-order chi connectivity index (χ0) is 18.2. The quantitative estimate of drug-likeness (QED) is 0.746. The van der Waals surface area contributed by atoms with Gasteiger partial charge in [-0.05, 0) is 48.6 Å². The highest BCUT2D eigenvalue weighted by atomic mass is 32.2. The van der Waals surface area contributed by atoms with Crippen molar-refractivity contribution in [2.45, 2.75) is 18.4 Å². The van der Waals surface area contributed by atoms with Crippen LogP contribution in [0.1, 0.15) is 21.5 Å². The van der Waals surface area contributed by atoms with Crippen molar-refractivity contribution < 1.29 is 14.3 Å². The van der Waals surface area contributed by atoms with Crippen molar-refractivity contribution in [2.24, 2.45) is 0 Å². The topological polar surface area (TPSA) is 67.4 Å². The van der Waals surface area contributed by atoms with E-state index in [1.54, 1.807) is 17.8 Å². The zero-order valence-corrected chi connectivity index (χ0v) is 15.4. The third-order valence-electron chi connectivity index (χ3n) is 3.63. The number of ether oxygens (including phenoxy) is 1. The van der Waals surface area contributed by atoms with Crippen LogP contribution in [0.25, 0.3) is 0 Å². The molecule has 0 aliphatic heterocycles. The highest BCUT2D eigenvalue weighted by Gasteiger charge is 2.10. The van der Waals surface area contributed by atoms with Gasteiger partial charge in [0.15, 0.2) is 0 Å². The molecule has 132 valence electrons. The molecule has 2 rings (SSSR count). The summed E-state index contributed by atoms with van der Waals surface area (Å²) in [7, 11) is 1.47. The Morgan fingerprint density at radius 1 is 1.16 bits per heavy atom. The van der Waals surface area contributed by atoms with Crippen LogP contribution in [0.3, 0.4) is 0 Å². The first-order chi connectivity index (χ1) is 12.0. The van der Waals surface area contributed by atoms with Crippen LogP contribution < -0.4 is 10.6 Å². The molecule has 0 aliphatic rings. The number of anilines is 1. The van der Waals surface area contributed by atoms with E-state index in [1.165, 1.54) is 7.11 Å². The van der Waals surface area contributed by atoms with Gasteiger partial charge in [0, 0.05) is 29.8 Å². The standard InChI is InChI=1S/C19H22N2O3S/c1-13-7-8-16(25-3)10-17(13)19(23)20-11-14-5-4-6-15(9-14)21-18(22)12-24-2/h4-10H,11-12H2,1-3H3,(H,20,23)(H,21,22). The van der Waals surface area contributed by atoms with E-state index < -0.39 is 0 Å². The normalized spacial score (nSPS) is 10.4. The predicted octanol–water partition coefficient (Wildman–Crippen LogP) is 3.23. The summed E-state index contributed by atoms with van der Waals surface area (Å²) >= 11 is 1.60. The highest BCUT2D eigenvalue weighted by molar-refractivity contribution is 7.98. The number of rotatable bonds is 7. The summed E-state index contributed by atoms with van der Waals surface area (Å²) in [4.78, 5) is 25.1. The predicted molar refractivity (Wildman–Crippen MR) is 101 cm³/mol. The first kappa shape index (κ1) is 19.0. The largest absolute Gasteiger partial charge is 0.375 e. The fraction of sp³-hybridized carbons (Fsp3) is 0.263. The van der Waals surface area contributed by atoms with Gasteiger partial charge in [-0.25, -0.2) is 0 Å². The first-order valence-electron chi connectivity index (χ1n) is 7.84. The maximum Gasteiger partial charge on any atom is 0.251 e. The lowest BCUT2D eigenvalue weighted by Crippen LogP contribution is -2.24. The van der Waals surface area contributed by atoms with E-state index in [1.807, 2.05) is 49.6 Å². The van der Waals surface area contributed by atoms with E-state index in [0.29, 0.717) is 17.8 Å². The molecule has 6 heteroatoms. The van der Waals surface area contributed by atoms with E-state index >= 15 is 0 Å². The molecule has 0 aliphatic carbocycles. The molecule has 2 aromatic carbocycles. The maximum atomic E-state index is 12.4. The minimum Gasteiger partial charge on any atom is -0.375 e. The van der Waals surface area contributed by atoms with E-state index in [4.69, 9.17) is 4.74 Å². The number of methoxy groups -OCH3 is 1. The monoisotopic (exact) mass is 358 g/mol. The average Bonchev–Trinajstić information content (AvgIpc) is 2.60. The molecule has 2 aromatic rings. The molecular formula is C19H22N2O3S. The Labute approximate surface area is 152 Å². The molecule has 2 amide bonds. The molecule has 0 bridgehead atoms. The summed E-state index contributed by atoms with van der Waals surface area (Å²) in [6, 6.07) is 13.2. The van der Waals surface area contributed by atoms with Crippen LogP contribution >= 0.6 is 11.8 Å². The van der Waals surface area contributed by atoms with Crippen LogP contribution in [0, 0.1) is 6.92 Å². The molecule has 5 nitrogen and oxygen atoms in total. The summed E-state index contributed by atoms with van der Waals surface area (Å²) in [5.41, 5.74) is 3.20. The molecule has 0 atom stereocenters. The molecule has 0 fully saturated rings. The fourth-order valence-corrected chi connectivity index (χ4v) is 2.78. The smallest absolute Gasteiger partial charge is 0.251 e. The fourth-order valence-electron chi connectivity index (χ4n) is 2.34. The van der Waals surface area contributed by atoms with Crippen molar-refractivity contribution in [3.05, 3.63) is 59.2 Å². The second-order valence-electron chi connectivity index (χ2n) is 5.55. The molecule has 0 saturated carbocycles. The number of thioether (sulfide) groups is 1. The lowest BCUT2D eigenvalue weighted by Gasteiger charge is -2.10. The van der Waals surface area contributed by atoms with Gasteiger partial charge in [-0.1, -0.05) is 18.2 Å². The molecular weight excluding hydrogens is 336 g/mol. The van der Waals surface area contributed by atoms with Crippen LogP contribution in [0.4, 0.5) is 5.69 Å². The van der Waals surface area contributed by atoms with Gasteiger partial charge in [0.2, 0.25) is 5.91 Å². The number of amides is 2. The van der Waals surface area contributed by atoms with Gasteiger partial charge in [-0.2, -0.15) is 0 Å². The molecule has 0 radical (unpaired) electrons. The Bertz CT molecular complexity index is 762. The van der Waals surface area contributed by atoms with Crippen molar-refractivity contribution >= 4 is 29.3 Å². The van der Waals surface area contributed by atoms with Gasteiger partial charge in [0.1, 0.15) is 6.61 Å². The van der Waals surface area contributed by atoms with E-state index in [9.17, 15) is 9.59 Å². The highest BCUT2D eigenvalue weighted by Crippen LogP contribution is 2.19. The molecule has 2 N–H and O–H groups in total. The minimum atomic E-state index is -0.215. The number of hydrogen-bond donors (Lipinski definition) is 2. The number of benzene rings is 2. The maximum absolute atomic E-state index is 12.4. The van der Waals surface area contributed by atoms with Crippen LogP contribution in [0.5, 0.6) is 0 Å². The van der Waals surface area contributed by atoms with E-state index in [-0.39, 0.29) is 18.4 Å². The van der Waals surface area contributed by atoms with E-state index in [2.05, 4.69) is 10.6 Å². The number of hydrogen-bond acceptors (Lipinski definition) is 4. The van der Waals surface area contributed by atoms with Crippen LogP contribution in [0.2, 0.25) is 0 Å². The minimum absolute atomic E-state index is 0.00597. The molecule has 0 spiro atoms. The van der Waals surface area contributed by atoms with E-state index in [0.717, 1.165) is 16.0 Å². The number of nitrogens with one attached hydrogen (secondary N) is 2. The van der Waals surface area contributed by atoms with Gasteiger partial charge in [0.25, 0.3) is 5.91 Å². The van der Waals surface area contributed by atoms with Crippen LogP contribution in [-0.2, 0) is 16.1 Å². The summed E-state index contributed by atoms with van der Waals surface area (Å²) in [6.07, 6.45) is 1.98. The Hall–Kier alpha value is -2.31. The van der Waals surface area contributed by atoms with Gasteiger partial charge in [-0.3, -0.25) is 9.59 Å². The molecule has 25 heavy (non-hydrogen) atoms. The van der Waals surface area contributed by atoms with Crippen molar-refractivity contribution in [1.29, 1.82) is 0 Å². The Morgan fingerprint density at radius 3 is 2.68 bits per heavy atom. The SMILES string of the molecule is COCC(=O)Nc1cccc(CNC(=O)c2cc(SC)ccc2C)c1. The van der Waals surface area contributed by atoms with Crippen molar-refractivity contribution in [2.75, 3.05) is 25.3 Å². The lowest BCUT2D eigenvalue weighted by atomic mass is 10.1. The summed E-state index contributed by atoms with van der Waals surface area (Å²) in [5.74, 6) is -0.324. The van der Waals surface area contributed by atoms with Crippen molar-refractivity contribution in [1.82, 2.24) is 5.32 Å². The Morgan fingerprint density at radius 2 is 1.96 bits per heavy atom. The average molecular weight is 358 g/mol. The Kier molecular flexibility index (Phi) is 7.03. The van der Waals surface area contributed by atoms with Gasteiger partial charge >= 0.3 is 0 Å². The summed E-state index contributed by atoms with van der Waals surface area (Å²) in [6.45, 7) is 2.31. The zero-order valence-electron chi connectivity index (χ0n) is 14.6. The van der Waals surface area contributed by atoms with Gasteiger partial charge in [-0.15, -0.1) is 11.8 Å². The molecule has 0 heterocycles. The van der Waals surface area contributed by atoms with Crippen LogP contribution in [-0.4, -0.2) is 31.8 Å². The molecule has 0 saturated heterocycles. The van der Waals surface area contributed by atoms with Gasteiger partial charge in [0.05, 0.1) is 0 Å². The molecule has 0 unspecified atom stereocenters. The van der Waals surface area contributed by atoms with Crippen LogP contribution in [0.15, 0.2) is 47.4 Å². The second kappa shape index (κ2) is 9.25. The first-order valence-corrected chi connectivity index (χ1v) is 9.06. The van der Waals surface area contributed by atoms with Crippen molar-refractivity contribution in [3.8, 4) is 0 Å². The van der Waals surface area contributed by atoms with Crippen molar-refractivity contribution in [3.63, 3.8) is 0 Å². The summed E-state index contributed by atoms with van der Waals surface area (Å²) in [5, 5.41) is 5.67. The third kappa shape index (κ3) is 5.62. The Balaban J connectivity index is 2.01. The van der Waals surface area contributed by atoms with Gasteiger partial charge < -0.3 is 15.4 Å². The second-order valence-corrected chi connectivity index (χ2v) is 6.42. The number of carbonyl (C=O) groups excluding carboxylic acids is 2.